The summed E-state index contributed by atoms with van der Waals surface area (Å²) >= 11 is 0. The smallest absolute Gasteiger partial charge is 0.323 e. The molecular weight excluding hydrogens is 320 g/mol. The number of nitrogens with one attached hydrogen (secondary N) is 1. The zero-order valence-electron chi connectivity index (χ0n) is 14.1. The van der Waals surface area contributed by atoms with Gasteiger partial charge in [0.15, 0.2) is 0 Å². The summed E-state index contributed by atoms with van der Waals surface area (Å²) in [6, 6.07) is 11.1. The van der Waals surface area contributed by atoms with Gasteiger partial charge in [0.2, 0.25) is 5.91 Å². The van der Waals surface area contributed by atoms with Crippen molar-refractivity contribution >= 4 is 23.4 Å². The van der Waals surface area contributed by atoms with Crippen molar-refractivity contribution in [2.45, 2.75) is 25.8 Å². The maximum Gasteiger partial charge on any atom is 0.323 e. The van der Waals surface area contributed by atoms with Crippen molar-refractivity contribution in [2.75, 3.05) is 23.3 Å². The summed E-state index contributed by atoms with van der Waals surface area (Å²) in [6.07, 6.45) is 4.05. The molecule has 7 nitrogen and oxygen atoms in total. The summed E-state index contributed by atoms with van der Waals surface area (Å²) in [5.74, 6) is 0.00927. The molecule has 1 atom stereocenters. The zero-order chi connectivity index (χ0) is 17.8. The highest BCUT2D eigenvalue weighted by atomic mass is 16.4. The van der Waals surface area contributed by atoms with Gasteiger partial charge in [-0.25, -0.2) is 4.68 Å². The van der Waals surface area contributed by atoms with Gasteiger partial charge in [-0.15, -0.1) is 0 Å². The first-order chi connectivity index (χ1) is 12.0. The van der Waals surface area contributed by atoms with Gasteiger partial charge >= 0.3 is 5.97 Å². The van der Waals surface area contributed by atoms with E-state index in [-0.39, 0.29) is 25.0 Å². The van der Waals surface area contributed by atoms with Crippen LogP contribution in [-0.4, -0.2) is 39.9 Å². The first kappa shape index (κ1) is 17.0. The Morgan fingerprint density at radius 3 is 2.64 bits per heavy atom. The van der Waals surface area contributed by atoms with E-state index in [0.29, 0.717) is 17.4 Å². The second-order valence-corrected chi connectivity index (χ2v) is 6.37. The molecule has 1 fully saturated rings. The summed E-state index contributed by atoms with van der Waals surface area (Å²) in [7, 11) is 0. The van der Waals surface area contributed by atoms with E-state index in [4.69, 9.17) is 5.11 Å². The number of rotatable bonds is 8. The number of amides is 1. The number of hydrogen-bond acceptors (Lipinski definition) is 4. The van der Waals surface area contributed by atoms with Crippen molar-refractivity contribution in [3.63, 3.8) is 0 Å². The number of nitrogens with zero attached hydrogens (tertiary/aromatic N) is 3. The fraction of sp³-hybridized carbons (Fsp3) is 0.389. The van der Waals surface area contributed by atoms with Crippen LogP contribution in [0, 0.1) is 5.92 Å². The normalized spacial score (nSPS) is 14.8. The molecule has 1 aliphatic carbocycles. The quantitative estimate of drug-likeness (QED) is 0.769. The van der Waals surface area contributed by atoms with Crippen LogP contribution < -0.4 is 10.2 Å². The largest absolute Gasteiger partial charge is 0.480 e. The third-order valence-electron chi connectivity index (χ3n) is 4.41. The number of aromatic nitrogens is 2. The fourth-order valence-electron chi connectivity index (χ4n) is 2.91. The topological polar surface area (TPSA) is 87.5 Å². The number of carboxylic acids is 1. The van der Waals surface area contributed by atoms with Gasteiger partial charge in [-0.2, -0.15) is 5.10 Å². The van der Waals surface area contributed by atoms with Crippen molar-refractivity contribution in [1.82, 2.24) is 9.78 Å². The highest BCUT2D eigenvalue weighted by Gasteiger charge is 2.30. The molecule has 25 heavy (non-hydrogen) atoms. The van der Waals surface area contributed by atoms with E-state index in [9.17, 15) is 9.59 Å². The van der Waals surface area contributed by atoms with Crippen molar-refractivity contribution in [1.29, 1.82) is 0 Å². The minimum absolute atomic E-state index is 0.0424. The molecule has 1 saturated carbocycles. The Hall–Kier alpha value is -2.83. The lowest BCUT2D eigenvalue weighted by atomic mass is 10.2. The second-order valence-electron chi connectivity index (χ2n) is 6.37. The van der Waals surface area contributed by atoms with Crippen LogP contribution in [0.25, 0.3) is 0 Å². The molecule has 1 unspecified atom stereocenters. The first-order valence-corrected chi connectivity index (χ1v) is 8.39. The summed E-state index contributed by atoms with van der Waals surface area (Å²) in [5, 5.41) is 16.3. The Labute approximate surface area is 146 Å². The van der Waals surface area contributed by atoms with Gasteiger partial charge in [-0.05, 0) is 37.8 Å². The van der Waals surface area contributed by atoms with Crippen LogP contribution >= 0.6 is 0 Å². The van der Waals surface area contributed by atoms with Crippen LogP contribution in [-0.2, 0) is 9.59 Å². The molecule has 1 aliphatic rings. The summed E-state index contributed by atoms with van der Waals surface area (Å²) in [4.78, 5) is 25.1. The molecule has 3 rings (SSSR count). The van der Waals surface area contributed by atoms with Gasteiger partial charge < -0.3 is 15.3 Å². The lowest BCUT2D eigenvalue weighted by Gasteiger charge is -2.22. The van der Waals surface area contributed by atoms with Gasteiger partial charge in [0, 0.05) is 11.8 Å². The van der Waals surface area contributed by atoms with E-state index in [1.165, 1.54) is 17.7 Å². The lowest BCUT2D eigenvalue weighted by Crippen LogP contribution is -2.37. The molecule has 0 saturated heterocycles. The number of hydrogen-bond donors (Lipinski definition) is 2. The summed E-state index contributed by atoms with van der Waals surface area (Å²) < 4.78 is 1.83. The van der Waals surface area contributed by atoms with E-state index in [1.807, 2.05) is 22.9 Å². The number of benzene rings is 1. The molecule has 0 aliphatic heterocycles. The van der Waals surface area contributed by atoms with E-state index in [0.717, 1.165) is 0 Å². The molecule has 0 bridgehead atoms. The third kappa shape index (κ3) is 4.37. The standard InChI is InChI=1S/C18H22N4O3/c1-13(14-7-8-14)22-16(9-10-19-22)20-17(23)11-21(12-18(24)25)15-5-3-2-4-6-15/h2-6,9-10,13-14H,7-8,11-12H2,1H3,(H,20,23)(H,24,25). The van der Waals surface area contributed by atoms with Crippen molar-refractivity contribution < 1.29 is 14.7 Å². The lowest BCUT2D eigenvalue weighted by molar-refractivity contribution is -0.135. The van der Waals surface area contributed by atoms with Gasteiger partial charge in [0.25, 0.3) is 0 Å². The highest BCUT2D eigenvalue weighted by molar-refractivity contribution is 5.94. The molecule has 2 N–H and O–H groups in total. The Morgan fingerprint density at radius 1 is 1.28 bits per heavy atom. The molecule has 1 amide bonds. The van der Waals surface area contributed by atoms with Crippen LogP contribution in [0.1, 0.15) is 25.8 Å². The maximum atomic E-state index is 12.4. The number of para-hydroxylation sites is 1. The van der Waals surface area contributed by atoms with E-state index < -0.39 is 5.97 Å². The Morgan fingerprint density at radius 2 is 2.00 bits per heavy atom. The minimum atomic E-state index is -0.982. The SMILES string of the molecule is CC(C1CC1)n1nccc1NC(=O)CN(CC(=O)O)c1ccccc1. The number of carbonyl (C=O) groups excluding carboxylic acids is 1. The molecule has 132 valence electrons. The molecular formula is C18H22N4O3. The molecule has 1 heterocycles. The van der Waals surface area contributed by atoms with Gasteiger partial charge in [-0.1, -0.05) is 18.2 Å². The number of carboxylic acid groups (broad SMARTS) is 1. The Balaban J connectivity index is 1.68. The van der Waals surface area contributed by atoms with E-state index in [1.54, 1.807) is 24.4 Å². The van der Waals surface area contributed by atoms with E-state index in [2.05, 4.69) is 17.3 Å². The minimum Gasteiger partial charge on any atom is -0.480 e. The van der Waals surface area contributed by atoms with E-state index >= 15 is 0 Å². The number of aliphatic carboxylic acids is 1. The molecule has 0 radical (unpaired) electrons. The average molecular weight is 342 g/mol. The van der Waals surface area contributed by atoms with Crippen LogP contribution in [0.3, 0.4) is 0 Å². The van der Waals surface area contributed by atoms with Crippen LogP contribution in [0.2, 0.25) is 0 Å². The Bertz CT molecular complexity index is 740. The van der Waals surface area contributed by atoms with Crippen molar-refractivity contribution in [3.05, 3.63) is 42.6 Å². The van der Waals surface area contributed by atoms with Crippen LogP contribution in [0.4, 0.5) is 11.5 Å². The average Bonchev–Trinajstić information content (AvgIpc) is 3.34. The first-order valence-electron chi connectivity index (χ1n) is 8.39. The van der Waals surface area contributed by atoms with Crippen molar-refractivity contribution in [3.8, 4) is 0 Å². The Kier molecular flexibility index (Phi) is 5.02. The molecule has 2 aromatic rings. The predicted octanol–water partition coefficient (Wildman–Crippen LogP) is 2.38. The summed E-state index contributed by atoms with van der Waals surface area (Å²) in [5.41, 5.74) is 0.694. The van der Waals surface area contributed by atoms with Gasteiger partial charge in [-0.3, -0.25) is 9.59 Å². The molecule has 1 aromatic carbocycles. The van der Waals surface area contributed by atoms with Gasteiger partial charge in [0.1, 0.15) is 12.4 Å². The van der Waals surface area contributed by atoms with Crippen molar-refractivity contribution in [2.24, 2.45) is 5.92 Å². The maximum absolute atomic E-state index is 12.4. The molecule has 1 aromatic heterocycles. The zero-order valence-corrected chi connectivity index (χ0v) is 14.1. The molecule has 0 spiro atoms. The number of anilines is 2. The monoisotopic (exact) mass is 342 g/mol. The summed E-state index contributed by atoms with van der Waals surface area (Å²) in [6.45, 7) is 1.81. The molecule has 7 heteroatoms. The predicted molar refractivity (Wildman–Crippen MR) is 94.6 cm³/mol. The van der Waals surface area contributed by atoms with Gasteiger partial charge in [0.05, 0.1) is 18.8 Å². The highest BCUT2D eigenvalue weighted by Crippen LogP contribution is 2.40. The van der Waals surface area contributed by atoms with Crippen LogP contribution in [0.15, 0.2) is 42.6 Å². The number of carbonyl (C=O) groups is 2. The van der Waals surface area contributed by atoms with Crippen LogP contribution in [0.5, 0.6) is 0 Å². The third-order valence-corrected chi connectivity index (χ3v) is 4.41. The second kappa shape index (κ2) is 7.38. The fourth-order valence-corrected chi connectivity index (χ4v) is 2.91.